The Hall–Kier alpha value is -4.92. The van der Waals surface area contributed by atoms with Crippen LogP contribution in [0.15, 0.2) is 54.4 Å². The Bertz CT molecular complexity index is 1750. The van der Waals surface area contributed by atoms with Gasteiger partial charge in [0, 0.05) is 18.2 Å². The number of fused-ring (bicyclic) bond motifs is 1. The molecule has 42 heavy (non-hydrogen) atoms. The smallest absolute Gasteiger partial charge is 0.264 e. The molecule has 1 amide bonds. The molecule has 12 heteroatoms. The number of hydrogen-bond acceptors (Lipinski definition) is 7. The summed E-state index contributed by atoms with van der Waals surface area (Å²) in [6.07, 6.45) is 4.36. The number of likely N-dealkylation sites (tertiary alicyclic amines) is 1. The number of nitrogens with zero attached hydrogens (tertiary/aromatic N) is 6. The number of rotatable bonds is 6. The third kappa shape index (κ3) is 5.63. The van der Waals surface area contributed by atoms with E-state index < -0.39 is 17.5 Å². The van der Waals surface area contributed by atoms with Crippen LogP contribution in [0.1, 0.15) is 33.6 Å². The van der Waals surface area contributed by atoms with Crippen LogP contribution in [-0.2, 0) is 11.3 Å². The molecule has 3 heterocycles. The number of carbonyl (C=O) groups is 1. The van der Waals surface area contributed by atoms with E-state index >= 15 is 4.39 Å². The number of ether oxygens (including phenoxy) is 1. The van der Waals surface area contributed by atoms with Gasteiger partial charge in [0.15, 0.2) is 17.2 Å². The SMILES string of the molecule is CC(C)(C)/C=C(/C#N)C(=O)N1CCC[C@H]1Cn1nc(-c2ccc(Oc3cccc(F)c3F)cc2F)c2c(N)ncnc21. The van der Waals surface area contributed by atoms with E-state index in [2.05, 4.69) is 15.1 Å². The van der Waals surface area contributed by atoms with E-state index in [0.29, 0.717) is 24.0 Å². The molecular weight excluding hydrogens is 547 g/mol. The second-order valence-corrected chi connectivity index (χ2v) is 11.1. The average molecular weight is 576 g/mol. The summed E-state index contributed by atoms with van der Waals surface area (Å²) >= 11 is 0. The molecule has 0 spiro atoms. The van der Waals surface area contributed by atoms with Gasteiger partial charge in [-0.3, -0.25) is 4.79 Å². The molecule has 1 saturated heterocycles. The molecule has 5 rings (SSSR count). The Morgan fingerprint density at radius 2 is 1.98 bits per heavy atom. The van der Waals surface area contributed by atoms with Gasteiger partial charge in [-0.25, -0.2) is 23.4 Å². The molecule has 1 aliphatic rings. The maximum Gasteiger partial charge on any atom is 0.264 e. The lowest BCUT2D eigenvalue weighted by atomic mass is 9.93. The zero-order chi connectivity index (χ0) is 30.2. The fourth-order valence-electron chi connectivity index (χ4n) is 5.01. The fraction of sp³-hybridized carbons (Fsp3) is 0.300. The minimum absolute atomic E-state index is 0.0505. The van der Waals surface area contributed by atoms with Gasteiger partial charge in [0.1, 0.15) is 41.0 Å². The quantitative estimate of drug-likeness (QED) is 0.229. The molecular formula is C30H28F3N7O2. The number of hydrogen-bond donors (Lipinski definition) is 1. The predicted octanol–water partition coefficient (Wildman–Crippen LogP) is 5.77. The number of carbonyl (C=O) groups excluding carboxylic acids is 1. The summed E-state index contributed by atoms with van der Waals surface area (Å²) in [7, 11) is 0. The second-order valence-electron chi connectivity index (χ2n) is 11.1. The summed E-state index contributed by atoms with van der Waals surface area (Å²) in [4.78, 5) is 23.4. The first-order valence-corrected chi connectivity index (χ1v) is 13.3. The summed E-state index contributed by atoms with van der Waals surface area (Å²) in [6.45, 7) is 6.46. The number of nitrogens with two attached hydrogens (primary N) is 1. The van der Waals surface area contributed by atoms with Gasteiger partial charge >= 0.3 is 0 Å². The molecule has 1 atom stereocenters. The molecule has 0 unspecified atom stereocenters. The largest absolute Gasteiger partial charge is 0.454 e. The van der Waals surface area contributed by atoms with E-state index in [1.54, 1.807) is 15.7 Å². The van der Waals surface area contributed by atoms with Crippen LogP contribution in [0.5, 0.6) is 11.5 Å². The summed E-state index contributed by atoms with van der Waals surface area (Å²) in [5.41, 5.74) is 6.49. The highest BCUT2D eigenvalue weighted by atomic mass is 19.2. The summed E-state index contributed by atoms with van der Waals surface area (Å²) < 4.78 is 50.0. The predicted molar refractivity (Wildman–Crippen MR) is 149 cm³/mol. The van der Waals surface area contributed by atoms with Crippen molar-refractivity contribution in [3.05, 3.63) is 71.8 Å². The van der Waals surface area contributed by atoms with Crippen molar-refractivity contribution in [2.75, 3.05) is 12.3 Å². The molecule has 0 bridgehead atoms. The lowest BCUT2D eigenvalue weighted by molar-refractivity contribution is -0.127. The molecule has 0 radical (unpaired) electrons. The number of halogens is 3. The van der Waals surface area contributed by atoms with Gasteiger partial charge in [-0.2, -0.15) is 14.8 Å². The molecule has 1 aliphatic heterocycles. The van der Waals surface area contributed by atoms with Crippen LogP contribution in [0.4, 0.5) is 19.0 Å². The number of anilines is 1. The Morgan fingerprint density at radius 3 is 2.69 bits per heavy atom. The van der Waals surface area contributed by atoms with Crippen LogP contribution < -0.4 is 10.5 Å². The van der Waals surface area contributed by atoms with Gasteiger partial charge in [0.25, 0.3) is 5.91 Å². The fourth-order valence-corrected chi connectivity index (χ4v) is 5.01. The molecule has 9 nitrogen and oxygen atoms in total. The average Bonchev–Trinajstić information content (AvgIpc) is 3.55. The summed E-state index contributed by atoms with van der Waals surface area (Å²) in [6, 6.07) is 9.03. The third-order valence-electron chi connectivity index (χ3n) is 6.85. The lowest BCUT2D eigenvalue weighted by Gasteiger charge is -2.25. The molecule has 4 aromatic rings. The van der Waals surface area contributed by atoms with Crippen LogP contribution in [0, 0.1) is 34.2 Å². The topological polar surface area (TPSA) is 123 Å². The van der Waals surface area contributed by atoms with E-state index in [0.717, 1.165) is 18.6 Å². The van der Waals surface area contributed by atoms with Crippen molar-refractivity contribution in [3.63, 3.8) is 0 Å². The van der Waals surface area contributed by atoms with Crippen LogP contribution in [0.3, 0.4) is 0 Å². The maximum absolute atomic E-state index is 15.5. The van der Waals surface area contributed by atoms with Crippen molar-refractivity contribution >= 4 is 22.8 Å². The van der Waals surface area contributed by atoms with Crippen molar-refractivity contribution in [1.82, 2.24) is 24.6 Å². The van der Waals surface area contributed by atoms with Gasteiger partial charge in [-0.15, -0.1) is 0 Å². The van der Waals surface area contributed by atoms with Crippen molar-refractivity contribution in [2.45, 2.75) is 46.2 Å². The van der Waals surface area contributed by atoms with E-state index in [-0.39, 0.29) is 58.1 Å². The van der Waals surface area contributed by atoms with E-state index in [4.69, 9.17) is 10.5 Å². The molecule has 2 N–H and O–H groups in total. The standard InChI is InChI=1S/C30H28F3N7O2/c1-30(2,3)13-17(14-34)29(41)39-11-5-6-18(39)15-40-28-24(27(35)36-16-37-28)26(38-40)20-10-9-19(12-22(20)32)42-23-8-4-7-21(31)25(23)33/h4,7-10,12-13,16,18H,5-6,11,15H2,1-3H3,(H2,35,36,37)/b17-13-/t18-/m0/s1. The molecule has 0 saturated carbocycles. The van der Waals surface area contributed by atoms with Gasteiger partial charge in [0.05, 0.1) is 18.0 Å². The highest BCUT2D eigenvalue weighted by Crippen LogP contribution is 2.35. The highest BCUT2D eigenvalue weighted by Gasteiger charge is 2.33. The molecule has 2 aromatic carbocycles. The first kappa shape index (κ1) is 28.6. The van der Waals surface area contributed by atoms with Crippen LogP contribution in [0.2, 0.25) is 0 Å². The monoisotopic (exact) mass is 575 g/mol. The van der Waals surface area contributed by atoms with Crippen molar-refractivity contribution in [1.29, 1.82) is 5.26 Å². The normalized spacial score (nSPS) is 15.7. The minimum Gasteiger partial charge on any atom is -0.454 e. The first-order chi connectivity index (χ1) is 20.0. The lowest BCUT2D eigenvalue weighted by Crippen LogP contribution is -2.39. The molecule has 216 valence electrons. The van der Waals surface area contributed by atoms with Crippen LogP contribution in [0.25, 0.3) is 22.3 Å². The van der Waals surface area contributed by atoms with Gasteiger partial charge in [-0.1, -0.05) is 32.9 Å². The number of nitriles is 1. The van der Waals surface area contributed by atoms with Gasteiger partial charge < -0.3 is 15.4 Å². The van der Waals surface area contributed by atoms with E-state index in [9.17, 15) is 18.8 Å². The van der Waals surface area contributed by atoms with Crippen molar-refractivity contribution < 1.29 is 22.7 Å². The Labute approximate surface area is 240 Å². The van der Waals surface area contributed by atoms with Crippen LogP contribution >= 0.6 is 0 Å². The molecule has 1 fully saturated rings. The Balaban J connectivity index is 1.48. The van der Waals surface area contributed by atoms with E-state index in [1.807, 2.05) is 26.8 Å². The zero-order valence-corrected chi connectivity index (χ0v) is 23.2. The van der Waals surface area contributed by atoms with Crippen molar-refractivity contribution in [3.8, 4) is 28.8 Å². The summed E-state index contributed by atoms with van der Waals surface area (Å²) in [5, 5.41) is 14.6. The number of benzene rings is 2. The number of amides is 1. The van der Waals surface area contributed by atoms with E-state index in [1.165, 1.54) is 30.6 Å². The summed E-state index contributed by atoms with van der Waals surface area (Å²) in [5.74, 6) is -3.73. The number of aromatic nitrogens is 4. The minimum atomic E-state index is -1.19. The van der Waals surface area contributed by atoms with Gasteiger partial charge in [0.2, 0.25) is 5.82 Å². The number of nitrogen functional groups attached to an aromatic ring is 1. The van der Waals surface area contributed by atoms with Crippen LogP contribution in [-0.4, -0.2) is 43.1 Å². The second kappa shape index (κ2) is 11.2. The Morgan fingerprint density at radius 1 is 1.19 bits per heavy atom. The maximum atomic E-state index is 15.5. The first-order valence-electron chi connectivity index (χ1n) is 13.3. The van der Waals surface area contributed by atoms with Crippen molar-refractivity contribution in [2.24, 2.45) is 5.41 Å². The van der Waals surface area contributed by atoms with Gasteiger partial charge in [-0.05, 0) is 42.5 Å². The molecule has 2 aromatic heterocycles. The Kier molecular flexibility index (Phi) is 7.60. The highest BCUT2D eigenvalue weighted by molar-refractivity contribution is 5.99. The zero-order valence-electron chi connectivity index (χ0n) is 23.2. The number of allylic oxidation sites excluding steroid dienone is 1. The third-order valence-corrected chi connectivity index (χ3v) is 6.85. The molecule has 0 aliphatic carbocycles.